The summed E-state index contributed by atoms with van der Waals surface area (Å²) in [6.07, 6.45) is 5.93. The molecule has 0 aliphatic carbocycles. The molecule has 7 heteroatoms. The highest BCUT2D eigenvalue weighted by atomic mass is 32.1. The number of hydrogen-bond acceptors (Lipinski definition) is 6. The van der Waals surface area contributed by atoms with Crippen molar-refractivity contribution in [1.29, 1.82) is 0 Å². The quantitative estimate of drug-likeness (QED) is 0.707. The van der Waals surface area contributed by atoms with Crippen LogP contribution in [-0.4, -0.2) is 45.9 Å². The minimum atomic E-state index is -0.759. The Labute approximate surface area is 161 Å². The summed E-state index contributed by atoms with van der Waals surface area (Å²) in [5, 5.41) is 2.95. The Balaban J connectivity index is 1.57. The smallest absolute Gasteiger partial charge is 0.238 e. The molecule has 2 heterocycles. The van der Waals surface area contributed by atoms with Crippen molar-refractivity contribution >= 4 is 34.4 Å². The number of nitrogens with zero attached hydrogens (tertiary/aromatic N) is 3. The van der Waals surface area contributed by atoms with Crippen LogP contribution in [0.15, 0.2) is 48.5 Å². The molecule has 3 aromatic rings. The summed E-state index contributed by atoms with van der Waals surface area (Å²) in [4.78, 5) is 14.8. The van der Waals surface area contributed by atoms with Gasteiger partial charge in [-0.1, -0.05) is 42.3 Å². The highest BCUT2D eigenvalue weighted by Crippen LogP contribution is 2.31. The molecule has 136 valence electrons. The van der Waals surface area contributed by atoms with Crippen LogP contribution in [-0.2, 0) is 15.1 Å². The second-order valence-corrected chi connectivity index (χ2v) is 6.86. The van der Waals surface area contributed by atoms with Crippen molar-refractivity contribution in [3.8, 4) is 12.3 Å². The Morgan fingerprint density at radius 1 is 1.26 bits per heavy atom. The van der Waals surface area contributed by atoms with Crippen LogP contribution < -0.4 is 5.32 Å². The van der Waals surface area contributed by atoms with Gasteiger partial charge < -0.3 is 10.1 Å². The standard InChI is InChI=1S/C20H18N4O2S/c1-2-20(15-7-4-3-5-8-15)14-26-12-11-24(20)13-18(25)21-16-9-6-10-17-19(16)23-27-22-17/h1,3-10H,11-14H2,(H,21,25). The number of morpholine rings is 1. The molecule has 1 N–H and O–H groups in total. The number of benzene rings is 2. The van der Waals surface area contributed by atoms with Gasteiger partial charge in [-0.05, 0) is 17.7 Å². The number of anilines is 1. The molecule has 27 heavy (non-hydrogen) atoms. The summed E-state index contributed by atoms with van der Waals surface area (Å²) in [7, 11) is 0. The summed E-state index contributed by atoms with van der Waals surface area (Å²) in [6.45, 7) is 1.63. The zero-order chi connectivity index (χ0) is 18.7. The Kier molecular flexibility index (Phi) is 4.86. The van der Waals surface area contributed by atoms with E-state index >= 15 is 0 Å². The Morgan fingerprint density at radius 2 is 2.11 bits per heavy atom. The van der Waals surface area contributed by atoms with Gasteiger partial charge in [-0.2, -0.15) is 8.75 Å². The van der Waals surface area contributed by atoms with Crippen molar-refractivity contribution in [1.82, 2.24) is 13.6 Å². The molecule has 1 saturated heterocycles. The van der Waals surface area contributed by atoms with Gasteiger partial charge in [-0.3, -0.25) is 9.69 Å². The number of hydrogen-bond donors (Lipinski definition) is 1. The van der Waals surface area contributed by atoms with E-state index in [1.807, 2.05) is 53.4 Å². The predicted octanol–water partition coefficient (Wildman–Crippen LogP) is 2.49. The summed E-state index contributed by atoms with van der Waals surface area (Å²) in [6, 6.07) is 15.3. The number of rotatable bonds is 4. The lowest BCUT2D eigenvalue weighted by Crippen LogP contribution is -2.55. The molecule has 1 aliphatic heterocycles. The SMILES string of the molecule is C#CC1(c2ccccc2)COCCN1CC(=O)Nc1cccc2nsnc12. The number of fused-ring (bicyclic) bond motifs is 1. The third kappa shape index (κ3) is 3.30. The molecule has 6 nitrogen and oxygen atoms in total. The Bertz CT molecular complexity index is 998. The van der Waals surface area contributed by atoms with E-state index in [-0.39, 0.29) is 12.5 Å². The molecule has 0 saturated carbocycles. The highest BCUT2D eigenvalue weighted by Gasteiger charge is 2.40. The summed E-state index contributed by atoms with van der Waals surface area (Å²) >= 11 is 1.13. The second-order valence-electron chi connectivity index (χ2n) is 6.33. The fourth-order valence-electron chi connectivity index (χ4n) is 3.36. The van der Waals surface area contributed by atoms with Crippen molar-refractivity contribution in [2.24, 2.45) is 0 Å². The predicted molar refractivity (Wildman–Crippen MR) is 105 cm³/mol. The van der Waals surface area contributed by atoms with Crippen LogP contribution in [0.4, 0.5) is 5.69 Å². The van der Waals surface area contributed by atoms with Crippen LogP contribution in [0.1, 0.15) is 5.56 Å². The molecule has 1 unspecified atom stereocenters. The van der Waals surface area contributed by atoms with Gasteiger partial charge in [0, 0.05) is 6.54 Å². The lowest BCUT2D eigenvalue weighted by atomic mass is 9.88. The van der Waals surface area contributed by atoms with Gasteiger partial charge in [-0.15, -0.1) is 6.42 Å². The first-order valence-electron chi connectivity index (χ1n) is 8.60. The number of ether oxygens (including phenoxy) is 1. The largest absolute Gasteiger partial charge is 0.377 e. The normalized spacial score (nSPS) is 20.3. The van der Waals surface area contributed by atoms with E-state index in [9.17, 15) is 4.79 Å². The third-order valence-corrected chi connectivity index (χ3v) is 5.28. The van der Waals surface area contributed by atoms with Gasteiger partial charge in [0.25, 0.3) is 0 Å². The van der Waals surface area contributed by atoms with Crippen molar-refractivity contribution < 1.29 is 9.53 Å². The maximum Gasteiger partial charge on any atom is 0.238 e. The van der Waals surface area contributed by atoms with Crippen molar-refractivity contribution in [3.05, 3.63) is 54.1 Å². The molecule has 1 aliphatic rings. The highest BCUT2D eigenvalue weighted by molar-refractivity contribution is 7.00. The zero-order valence-electron chi connectivity index (χ0n) is 14.6. The third-order valence-electron chi connectivity index (χ3n) is 4.74. The summed E-state index contributed by atoms with van der Waals surface area (Å²) < 4.78 is 14.1. The van der Waals surface area contributed by atoms with E-state index in [0.29, 0.717) is 31.0 Å². The first-order chi connectivity index (χ1) is 13.2. The number of terminal acetylenes is 1. The molecule has 4 rings (SSSR count). The van der Waals surface area contributed by atoms with Gasteiger partial charge in [0.1, 0.15) is 16.6 Å². The average Bonchev–Trinajstić information content (AvgIpc) is 3.19. The lowest BCUT2D eigenvalue weighted by Gasteiger charge is -2.43. The van der Waals surface area contributed by atoms with Crippen LogP contribution >= 0.6 is 11.7 Å². The number of nitrogens with one attached hydrogen (secondary N) is 1. The topological polar surface area (TPSA) is 67.3 Å². The first kappa shape index (κ1) is 17.6. The number of carbonyl (C=O) groups excluding carboxylic acids is 1. The van der Waals surface area contributed by atoms with Gasteiger partial charge >= 0.3 is 0 Å². The van der Waals surface area contributed by atoms with Crippen LogP contribution in [0.25, 0.3) is 11.0 Å². The monoisotopic (exact) mass is 378 g/mol. The van der Waals surface area contributed by atoms with E-state index in [4.69, 9.17) is 11.2 Å². The van der Waals surface area contributed by atoms with Crippen molar-refractivity contribution in [3.63, 3.8) is 0 Å². The molecule has 0 spiro atoms. The number of carbonyl (C=O) groups is 1. The van der Waals surface area contributed by atoms with Gasteiger partial charge in [-0.25, -0.2) is 0 Å². The van der Waals surface area contributed by atoms with Crippen molar-refractivity contribution in [2.45, 2.75) is 5.54 Å². The zero-order valence-corrected chi connectivity index (χ0v) is 15.4. The molecule has 1 aromatic heterocycles. The van der Waals surface area contributed by atoms with Gasteiger partial charge in [0.2, 0.25) is 5.91 Å². The fraction of sp³-hybridized carbons (Fsp3) is 0.250. The Hall–Kier alpha value is -2.79. The molecule has 1 amide bonds. The van der Waals surface area contributed by atoms with Crippen LogP contribution in [0.3, 0.4) is 0 Å². The van der Waals surface area contributed by atoms with Crippen molar-refractivity contribution in [2.75, 3.05) is 31.6 Å². The minimum Gasteiger partial charge on any atom is -0.377 e. The maximum absolute atomic E-state index is 12.8. The van der Waals surface area contributed by atoms with Gasteiger partial charge in [0.05, 0.1) is 37.2 Å². The van der Waals surface area contributed by atoms with Crippen LogP contribution in [0.2, 0.25) is 0 Å². The fourth-order valence-corrected chi connectivity index (χ4v) is 3.91. The van der Waals surface area contributed by atoms with E-state index in [1.165, 1.54) is 0 Å². The van der Waals surface area contributed by atoms with E-state index in [0.717, 1.165) is 22.8 Å². The van der Waals surface area contributed by atoms with E-state index in [1.54, 1.807) is 0 Å². The molecular weight excluding hydrogens is 360 g/mol. The average molecular weight is 378 g/mol. The van der Waals surface area contributed by atoms with E-state index in [2.05, 4.69) is 20.0 Å². The lowest BCUT2D eigenvalue weighted by molar-refractivity contribution is -0.121. The number of aromatic nitrogens is 2. The minimum absolute atomic E-state index is 0.145. The molecule has 1 atom stereocenters. The maximum atomic E-state index is 12.8. The van der Waals surface area contributed by atoms with Gasteiger partial charge in [0.15, 0.2) is 0 Å². The van der Waals surface area contributed by atoms with Crippen LogP contribution in [0.5, 0.6) is 0 Å². The molecule has 0 bridgehead atoms. The summed E-state index contributed by atoms with van der Waals surface area (Å²) in [5.41, 5.74) is 2.32. The molecular formula is C20H18N4O2S. The first-order valence-corrected chi connectivity index (χ1v) is 9.33. The molecule has 2 aromatic carbocycles. The summed E-state index contributed by atoms with van der Waals surface area (Å²) in [5.74, 6) is 2.73. The van der Waals surface area contributed by atoms with E-state index < -0.39 is 5.54 Å². The van der Waals surface area contributed by atoms with Crippen LogP contribution in [0, 0.1) is 12.3 Å². The molecule has 1 fully saturated rings. The Morgan fingerprint density at radius 3 is 2.93 bits per heavy atom. The second kappa shape index (κ2) is 7.45. The molecule has 0 radical (unpaired) electrons. The number of amides is 1.